The van der Waals surface area contributed by atoms with Crippen molar-refractivity contribution in [1.29, 1.82) is 0 Å². The van der Waals surface area contributed by atoms with E-state index in [1.54, 1.807) is 11.1 Å². The van der Waals surface area contributed by atoms with Gasteiger partial charge in [0.25, 0.3) is 5.91 Å². The molecule has 2 fully saturated rings. The Balaban J connectivity index is 1.62. The summed E-state index contributed by atoms with van der Waals surface area (Å²) in [6, 6.07) is 3.84. The summed E-state index contributed by atoms with van der Waals surface area (Å²) in [7, 11) is 0. The second kappa shape index (κ2) is 7.55. The Morgan fingerprint density at radius 3 is 2.38 bits per heavy atom. The number of likely N-dealkylation sites (tertiary alicyclic amines) is 1. The van der Waals surface area contributed by atoms with Crippen LogP contribution in [0.3, 0.4) is 0 Å². The van der Waals surface area contributed by atoms with E-state index in [2.05, 4.69) is 37.6 Å². The molecule has 0 aromatic carbocycles. The number of piperidine rings is 2. The molecule has 1 N–H and O–H groups in total. The lowest BCUT2D eigenvalue weighted by Gasteiger charge is -2.42. The number of amides is 1. The Morgan fingerprint density at radius 1 is 1.15 bits per heavy atom. The van der Waals surface area contributed by atoms with Crippen LogP contribution in [0.15, 0.2) is 18.3 Å². The first-order chi connectivity index (χ1) is 12.3. The Morgan fingerprint density at radius 2 is 1.85 bits per heavy atom. The number of pyridine rings is 1. The zero-order chi connectivity index (χ0) is 18.9. The van der Waals surface area contributed by atoms with Crippen LogP contribution < -0.4 is 4.90 Å². The van der Waals surface area contributed by atoms with Gasteiger partial charge < -0.3 is 14.9 Å². The summed E-state index contributed by atoms with van der Waals surface area (Å²) >= 11 is 0. The first-order valence-electron chi connectivity index (χ1n) is 9.94. The number of carbonyl (C=O) groups excluding carboxylic acids is 1. The van der Waals surface area contributed by atoms with Gasteiger partial charge in [0.05, 0.1) is 11.7 Å². The molecule has 0 aliphatic carbocycles. The molecule has 0 radical (unpaired) electrons. The van der Waals surface area contributed by atoms with Crippen LogP contribution in [0.2, 0.25) is 0 Å². The zero-order valence-corrected chi connectivity index (χ0v) is 16.6. The first kappa shape index (κ1) is 19.2. The Labute approximate surface area is 157 Å². The molecule has 1 aromatic rings. The van der Waals surface area contributed by atoms with Crippen LogP contribution in [0, 0.1) is 17.3 Å². The standard InChI is InChI=1S/C21H33N3O2/c1-15-7-10-23(11-8-15)19-6-5-16(13-22-19)20(26)24-12-9-17(18(25)14-24)21(2,3)4/h5-6,13,15,17-18,25H,7-12,14H2,1-4H3. The first-order valence-corrected chi connectivity index (χ1v) is 9.94. The molecule has 0 saturated carbocycles. The smallest absolute Gasteiger partial charge is 0.255 e. The monoisotopic (exact) mass is 359 g/mol. The van der Waals surface area contributed by atoms with E-state index in [4.69, 9.17) is 0 Å². The van der Waals surface area contributed by atoms with E-state index in [9.17, 15) is 9.90 Å². The average Bonchev–Trinajstić information content (AvgIpc) is 2.61. The third-order valence-electron chi connectivity index (χ3n) is 6.08. The number of nitrogens with zero attached hydrogens (tertiary/aromatic N) is 3. The predicted molar refractivity (Wildman–Crippen MR) is 104 cm³/mol. The van der Waals surface area contributed by atoms with Crippen molar-refractivity contribution in [1.82, 2.24) is 9.88 Å². The number of carbonyl (C=O) groups is 1. The van der Waals surface area contributed by atoms with E-state index in [0.29, 0.717) is 18.7 Å². The average molecular weight is 360 g/mol. The van der Waals surface area contributed by atoms with Gasteiger partial charge in [0.2, 0.25) is 0 Å². The van der Waals surface area contributed by atoms with Crippen molar-refractivity contribution in [3.63, 3.8) is 0 Å². The number of aliphatic hydroxyl groups excluding tert-OH is 1. The number of aromatic nitrogens is 1. The number of aliphatic hydroxyl groups is 1. The molecule has 0 spiro atoms. The fourth-order valence-electron chi connectivity index (χ4n) is 4.25. The second-order valence-corrected chi connectivity index (χ2v) is 9.15. The minimum absolute atomic E-state index is 0.0253. The van der Waals surface area contributed by atoms with Crippen molar-refractivity contribution in [3.05, 3.63) is 23.9 Å². The summed E-state index contributed by atoms with van der Waals surface area (Å²) < 4.78 is 0. The summed E-state index contributed by atoms with van der Waals surface area (Å²) in [5, 5.41) is 10.5. The topological polar surface area (TPSA) is 56.7 Å². The Bertz CT molecular complexity index is 615. The molecule has 5 nitrogen and oxygen atoms in total. The fourth-order valence-corrected chi connectivity index (χ4v) is 4.25. The molecule has 5 heteroatoms. The van der Waals surface area contributed by atoms with Gasteiger partial charge in [-0.1, -0.05) is 27.7 Å². The molecule has 2 unspecified atom stereocenters. The highest BCUT2D eigenvalue weighted by Gasteiger charge is 2.37. The van der Waals surface area contributed by atoms with E-state index < -0.39 is 6.10 Å². The fraction of sp³-hybridized carbons (Fsp3) is 0.714. The van der Waals surface area contributed by atoms with E-state index in [-0.39, 0.29) is 17.2 Å². The van der Waals surface area contributed by atoms with Gasteiger partial charge in [-0.25, -0.2) is 4.98 Å². The summed E-state index contributed by atoms with van der Waals surface area (Å²) in [6.07, 6.45) is 4.47. The number of β-amino-alcohol motifs (C(OH)–C–C–N with tert-alkyl or cyclic N) is 1. The molecule has 3 heterocycles. The van der Waals surface area contributed by atoms with E-state index in [1.807, 2.05) is 12.1 Å². The number of rotatable bonds is 2. The van der Waals surface area contributed by atoms with Crippen LogP contribution in [-0.4, -0.2) is 53.2 Å². The SMILES string of the molecule is CC1CCN(c2ccc(C(=O)N3CCC(C(C)(C)C)C(O)C3)cn2)CC1. The minimum Gasteiger partial charge on any atom is -0.391 e. The van der Waals surface area contributed by atoms with Gasteiger partial charge in [-0.05, 0) is 48.6 Å². The lowest BCUT2D eigenvalue weighted by Crippen LogP contribution is -2.50. The molecule has 2 atom stereocenters. The van der Waals surface area contributed by atoms with Crippen LogP contribution in [0.5, 0.6) is 0 Å². The third-order valence-corrected chi connectivity index (χ3v) is 6.08. The highest BCUT2D eigenvalue weighted by atomic mass is 16.3. The highest BCUT2D eigenvalue weighted by Crippen LogP contribution is 2.35. The predicted octanol–water partition coefficient (Wildman–Crippen LogP) is 3.19. The normalized spacial score (nSPS) is 25.4. The van der Waals surface area contributed by atoms with Gasteiger partial charge in [0.1, 0.15) is 5.82 Å². The number of hydrogen-bond acceptors (Lipinski definition) is 4. The van der Waals surface area contributed by atoms with Crippen molar-refractivity contribution in [2.24, 2.45) is 17.3 Å². The van der Waals surface area contributed by atoms with Crippen molar-refractivity contribution >= 4 is 11.7 Å². The number of hydrogen-bond donors (Lipinski definition) is 1. The van der Waals surface area contributed by atoms with Crippen LogP contribution >= 0.6 is 0 Å². The van der Waals surface area contributed by atoms with Crippen LogP contribution in [0.25, 0.3) is 0 Å². The quantitative estimate of drug-likeness (QED) is 0.881. The van der Waals surface area contributed by atoms with Crippen molar-refractivity contribution in [2.45, 2.75) is 53.1 Å². The molecule has 2 saturated heterocycles. The van der Waals surface area contributed by atoms with E-state index in [0.717, 1.165) is 31.2 Å². The summed E-state index contributed by atoms with van der Waals surface area (Å²) in [5.74, 6) is 1.95. The maximum Gasteiger partial charge on any atom is 0.255 e. The van der Waals surface area contributed by atoms with Crippen LogP contribution in [0.4, 0.5) is 5.82 Å². The highest BCUT2D eigenvalue weighted by molar-refractivity contribution is 5.94. The zero-order valence-electron chi connectivity index (χ0n) is 16.6. The van der Waals surface area contributed by atoms with Crippen LogP contribution in [-0.2, 0) is 0 Å². The maximum absolute atomic E-state index is 12.8. The Kier molecular flexibility index (Phi) is 5.56. The molecule has 2 aliphatic rings. The maximum atomic E-state index is 12.8. The Hall–Kier alpha value is -1.62. The van der Waals surface area contributed by atoms with Crippen molar-refractivity contribution in [2.75, 3.05) is 31.1 Å². The largest absolute Gasteiger partial charge is 0.391 e. The van der Waals surface area contributed by atoms with Gasteiger partial charge >= 0.3 is 0 Å². The van der Waals surface area contributed by atoms with Crippen molar-refractivity contribution in [3.8, 4) is 0 Å². The molecule has 2 aliphatic heterocycles. The van der Waals surface area contributed by atoms with E-state index >= 15 is 0 Å². The van der Waals surface area contributed by atoms with Gasteiger partial charge in [-0.15, -0.1) is 0 Å². The molecule has 1 aromatic heterocycles. The molecule has 3 rings (SSSR count). The van der Waals surface area contributed by atoms with E-state index in [1.165, 1.54) is 12.8 Å². The molecule has 0 bridgehead atoms. The molecular formula is C21H33N3O2. The molecule has 26 heavy (non-hydrogen) atoms. The second-order valence-electron chi connectivity index (χ2n) is 9.15. The minimum atomic E-state index is -0.463. The summed E-state index contributed by atoms with van der Waals surface area (Å²) in [4.78, 5) is 21.4. The molecule has 144 valence electrons. The van der Waals surface area contributed by atoms with Crippen LogP contribution in [0.1, 0.15) is 57.3 Å². The van der Waals surface area contributed by atoms with Gasteiger partial charge in [0, 0.05) is 32.4 Å². The van der Waals surface area contributed by atoms with Gasteiger partial charge in [-0.2, -0.15) is 0 Å². The lowest BCUT2D eigenvalue weighted by atomic mass is 9.73. The molecule has 1 amide bonds. The molecular weight excluding hydrogens is 326 g/mol. The number of anilines is 1. The summed E-state index contributed by atoms with van der Waals surface area (Å²) in [6.45, 7) is 11.9. The summed E-state index contributed by atoms with van der Waals surface area (Å²) in [5.41, 5.74) is 0.671. The lowest BCUT2D eigenvalue weighted by molar-refractivity contribution is -0.0188. The van der Waals surface area contributed by atoms with Crippen molar-refractivity contribution < 1.29 is 9.90 Å². The van der Waals surface area contributed by atoms with Gasteiger partial charge in [0.15, 0.2) is 0 Å². The third kappa shape index (κ3) is 4.20. The van der Waals surface area contributed by atoms with Gasteiger partial charge in [-0.3, -0.25) is 4.79 Å².